The lowest BCUT2D eigenvalue weighted by molar-refractivity contribution is 0.103. The molecule has 0 saturated carbocycles. The highest BCUT2D eigenvalue weighted by Crippen LogP contribution is 2.29. The Morgan fingerprint density at radius 2 is 2.32 bits per heavy atom. The molecule has 2 aromatic rings. The van der Waals surface area contributed by atoms with E-state index in [1.165, 1.54) is 13.3 Å². The first-order valence-electron chi connectivity index (χ1n) is 5.19. The quantitative estimate of drug-likeness (QED) is 0.829. The van der Waals surface area contributed by atoms with Gasteiger partial charge in [0.2, 0.25) is 0 Å². The summed E-state index contributed by atoms with van der Waals surface area (Å²) < 4.78 is 8.83. The molecule has 0 aliphatic carbocycles. The number of nitrogens with two attached hydrogens (primary N) is 1. The van der Waals surface area contributed by atoms with Crippen LogP contribution in [0.15, 0.2) is 24.4 Å². The maximum Gasteiger partial charge on any atom is 0.269 e. The van der Waals surface area contributed by atoms with Crippen LogP contribution in [-0.4, -0.2) is 27.6 Å². The van der Waals surface area contributed by atoms with Crippen LogP contribution in [0.5, 0.6) is 5.75 Å². The Hall–Kier alpha value is -2.06. The van der Waals surface area contributed by atoms with Gasteiger partial charge in [-0.2, -0.15) is 0 Å². The molecule has 0 bridgehead atoms. The molecule has 1 amide bonds. The summed E-state index contributed by atoms with van der Waals surface area (Å²) in [4.78, 5) is 12.6. The number of aromatic nitrogens is 2. The maximum atomic E-state index is 12.0. The molecule has 0 aliphatic rings. The number of thiocarbonyl (C=S) groups is 1. The summed E-state index contributed by atoms with van der Waals surface area (Å²) in [5.74, 6) is 0.146. The SMILES string of the molecule is COc1cccc(C(N)=S)c1NC(=O)c1cnns1. The van der Waals surface area contributed by atoms with E-state index < -0.39 is 0 Å². The van der Waals surface area contributed by atoms with E-state index in [0.29, 0.717) is 21.9 Å². The maximum absolute atomic E-state index is 12.0. The summed E-state index contributed by atoms with van der Waals surface area (Å²) in [6.07, 6.45) is 1.38. The monoisotopic (exact) mass is 294 g/mol. The first-order valence-corrected chi connectivity index (χ1v) is 6.37. The van der Waals surface area contributed by atoms with Crippen molar-refractivity contribution in [1.29, 1.82) is 0 Å². The molecule has 1 aromatic carbocycles. The van der Waals surface area contributed by atoms with Gasteiger partial charge >= 0.3 is 0 Å². The second kappa shape index (κ2) is 5.72. The number of ether oxygens (including phenoxy) is 1. The molecule has 1 aromatic heterocycles. The van der Waals surface area contributed by atoms with Crippen molar-refractivity contribution in [2.45, 2.75) is 0 Å². The number of methoxy groups -OCH3 is 1. The molecular formula is C11H10N4O2S2. The number of rotatable bonds is 4. The normalized spacial score (nSPS) is 9.95. The summed E-state index contributed by atoms with van der Waals surface area (Å²) in [7, 11) is 1.50. The molecule has 0 atom stereocenters. The van der Waals surface area contributed by atoms with Gasteiger partial charge in [-0.15, -0.1) is 5.10 Å². The van der Waals surface area contributed by atoms with Crippen LogP contribution in [-0.2, 0) is 0 Å². The number of hydrogen-bond donors (Lipinski definition) is 2. The zero-order valence-electron chi connectivity index (χ0n) is 9.91. The Kier molecular flexibility index (Phi) is 4.03. The molecule has 0 fully saturated rings. The Balaban J connectivity index is 2.38. The average molecular weight is 294 g/mol. The number of anilines is 1. The Bertz CT molecular complexity index is 613. The molecule has 3 N–H and O–H groups in total. The topological polar surface area (TPSA) is 90.1 Å². The minimum absolute atomic E-state index is 0.177. The molecule has 19 heavy (non-hydrogen) atoms. The van der Waals surface area contributed by atoms with Gasteiger partial charge in [0.15, 0.2) is 0 Å². The standard InChI is InChI=1S/C11H10N4O2S2/c1-17-7-4-2-3-6(10(12)18)9(7)14-11(16)8-5-13-15-19-8/h2-5H,1H3,(H2,12,18)(H,14,16). The predicted molar refractivity (Wildman–Crippen MR) is 76.7 cm³/mol. The third-order valence-electron chi connectivity index (χ3n) is 2.34. The first kappa shape index (κ1) is 13.4. The summed E-state index contributed by atoms with van der Waals surface area (Å²) in [5.41, 5.74) is 6.62. The van der Waals surface area contributed by atoms with Crippen LogP contribution >= 0.6 is 23.8 Å². The number of nitrogens with zero attached hydrogens (tertiary/aromatic N) is 2. The van der Waals surface area contributed by atoms with Gasteiger partial charge in [-0.3, -0.25) is 4.79 Å². The lowest BCUT2D eigenvalue weighted by atomic mass is 10.1. The molecule has 8 heteroatoms. The number of carbonyl (C=O) groups excluding carboxylic acids is 1. The molecule has 0 spiro atoms. The van der Waals surface area contributed by atoms with Crippen LogP contribution in [0.1, 0.15) is 15.2 Å². The van der Waals surface area contributed by atoms with Crippen LogP contribution in [0, 0.1) is 0 Å². The van der Waals surface area contributed by atoms with Crippen LogP contribution in [0.2, 0.25) is 0 Å². The molecular weight excluding hydrogens is 284 g/mol. The average Bonchev–Trinajstić information content (AvgIpc) is 2.92. The van der Waals surface area contributed by atoms with Crippen molar-refractivity contribution in [2.75, 3.05) is 12.4 Å². The minimum atomic E-state index is -0.336. The third kappa shape index (κ3) is 2.85. The Labute approximate surface area is 118 Å². The number of para-hydroxylation sites is 1. The molecule has 6 nitrogen and oxygen atoms in total. The van der Waals surface area contributed by atoms with Gasteiger partial charge in [0.05, 0.1) is 19.0 Å². The van der Waals surface area contributed by atoms with Gasteiger partial charge in [0.25, 0.3) is 5.91 Å². The van der Waals surface area contributed by atoms with Gasteiger partial charge in [0, 0.05) is 5.56 Å². The number of carbonyl (C=O) groups is 1. The molecule has 0 saturated heterocycles. The van der Waals surface area contributed by atoms with Crippen molar-refractivity contribution in [1.82, 2.24) is 9.59 Å². The number of nitrogens with one attached hydrogen (secondary N) is 1. The van der Waals surface area contributed by atoms with Crippen LogP contribution in [0.4, 0.5) is 5.69 Å². The first-order chi connectivity index (χ1) is 9.13. The number of amides is 1. The van der Waals surface area contributed by atoms with Gasteiger partial charge < -0.3 is 15.8 Å². The second-order valence-electron chi connectivity index (χ2n) is 3.48. The fourth-order valence-electron chi connectivity index (χ4n) is 1.48. The second-order valence-corrected chi connectivity index (χ2v) is 4.71. The van der Waals surface area contributed by atoms with Crippen molar-refractivity contribution in [3.05, 3.63) is 34.8 Å². The summed E-state index contributed by atoms with van der Waals surface area (Å²) in [5, 5.41) is 6.32. The van der Waals surface area contributed by atoms with Crippen molar-refractivity contribution in [2.24, 2.45) is 5.73 Å². The van der Waals surface area contributed by atoms with E-state index >= 15 is 0 Å². The van der Waals surface area contributed by atoms with Crippen molar-refractivity contribution < 1.29 is 9.53 Å². The van der Waals surface area contributed by atoms with Crippen LogP contribution in [0.3, 0.4) is 0 Å². The summed E-state index contributed by atoms with van der Waals surface area (Å²) in [6, 6.07) is 5.17. The van der Waals surface area contributed by atoms with Gasteiger partial charge in [0.1, 0.15) is 15.6 Å². The minimum Gasteiger partial charge on any atom is -0.495 e. The molecule has 0 radical (unpaired) electrons. The van der Waals surface area contributed by atoms with Crippen molar-refractivity contribution in [3.8, 4) is 5.75 Å². The zero-order chi connectivity index (χ0) is 13.8. The van der Waals surface area contributed by atoms with E-state index in [1.54, 1.807) is 18.2 Å². The Morgan fingerprint density at radius 1 is 1.53 bits per heavy atom. The fourth-order valence-corrected chi connectivity index (χ4v) is 2.06. The highest BCUT2D eigenvalue weighted by atomic mass is 32.1. The van der Waals surface area contributed by atoms with E-state index in [4.69, 9.17) is 22.7 Å². The van der Waals surface area contributed by atoms with Crippen molar-refractivity contribution >= 4 is 40.3 Å². The Morgan fingerprint density at radius 3 is 2.89 bits per heavy atom. The van der Waals surface area contributed by atoms with Crippen molar-refractivity contribution in [3.63, 3.8) is 0 Å². The molecule has 0 aliphatic heterocycles. The van der Waals surface area contributed by atoms with E-state index in [9.17, 15) is 4.79 Å². The number of benzene rings is 1. The van der Waals surface area contributed by atoms with E-state index in [0.717, 1.165) is 11.5 Å². The van der Waals surface area contributed by atoms with Gasteiger partial charge in [-0.05, 0) is 23.7 Å². The lowest BCUT2D eigenvalue weighted by Gasteiger charge is -2.13. The van der Waals surface area contributed by atoms with Crippen LogP contribution in [0.25, 0.3) is 0 Å². The summed E-state index contributed by atoms with van der Waals surface area (Å²) >= 11 is 5.96. The van der Waals surface area contributed by atoms with Crippen LogP contribution < -0.4 is 15.8 Å². The molecule has 98 valence electrons. The third-order valence-corrected chi connectivity index (χ3v) is 3.22. The molecule has 0 unspecified atom stereocenters. The number of hydrogen-bond acceptors (Lipinski definition) is 6. The highest BCUT2D eigenvalue weighted by molar-refractivity contribution is 7.80. The fraction of sp³-hybridized carbons (Fsp3) is 0.0909. The van der Waals surface area contributed by atoms with E-state index in [-0.39, 0.29) is 10.9 Å². The van der Waals surface area contributed by atoms with E-state index in [1.807, 2.05) is 0 Å². The van der Waals surface area contributed by atoms with Gasteiger partial charge in [-0.25, -0.2) is 0 Å². The molecule has 1 heterocycles. The molecule has 2 rings (SSSR count). The largest absolute Gasteiger partial charge is 0.495 e. The van der Waals surface area contributed by atoms with E-state index in [2.05, 4.69) is 14.9 Å². The highest BCUT2D eigenvalue weighted by Gasteiger charge is 2.16. The zero-order valence-corrected chi connectivity index (χ0v) is 11.5. The predicted octanol–water partition coefficient (Wildman–Crippen LogP) is 1.43. The van der Waals surface area contributed by atoms with Gasteiger partial charge in [-0.1, -0.05) is 22.8 Å². The smallest absolute Gasteiger partial charge is 0.269 e. The lowest BCUT2D eigenvalue weighted by Crippen LogP contribution is -2.17. The summed E-state index contributed by atoms with van der Waals surface area (Å²) in [6.45, 7) is 0.